The molecule has 0 fully saturated rings. The van der Waals surface area contributed by atoms with Crippen LogP contribution >= 0.6 is 11.3 Å². The van der Waals surface area contributed by atoms with Crippen LogP contribution in [0.1, 0.15) is 36.4 Å². The van der Waals surface area contributed by atoms with E-state index in [0.29, 0.717) is 24.6 Å². The van der Waals surface area contributed by atoms with Crippen molar-refractivity contribution in [2.45, 2.75) is 51.2 Å². The quantitative estimate of drug-likeness (QED) is 0.682. The smallest absolute Gasteiger partial charge is 0.241 e. The molecule has 5 nitrogen and oxygen atoms in total. The van der Waals surface area contributed by atoms with Gasteiger partial charge in [-0.15, -0.1) is 11.3 Å². The molecule has 1 rings (SSSR count). The highest BCUT2D eigenvalue weighted by Crippen LogP contribution is 2.25. The summed E-state index contributed by atoms with van der Waals surface area (Å²) in [6.07, 6.45) is 1.82. The lowest BCUT2D eigenvalue weighted by molar-refractivity contribution is 0.0762. The molecule has 1 aromatic rings. The van der Waals surface area contributed by atoms with Gasteiger partial charge in [0, 0.05) is 29.5 Å². The summed E-state index contributed by atoms with van der Waals surface area (Å²) >= 11 is 1.43. The molecule has 0 unspecified atom stereocenters. The van der Waals surface area contributed by atoms with E-state index in [-0.39, 0.29) is 6.10 Å². The second-order valence-corrected chi connectivity index (χ2v) is 7.94. The van der Waals surface area contributed by atoms with Crippen molar-refractivity contribution < 1.29 is 13.2 Å². The Balaban J connectivity index is 2.43. The normalized spacial score (nSPS) is 12.2. The van der Waals surface area contributed by atoms with Gasteiger partial charge in [-0.2, -0.15) is 0 Å². The van der Waals surface area contributed by atoms with Crippen molar-refractivity contribution in [2.24, 2.45) is 5.73 Å². The second kappa shape index (κ2) is 8.09. The van der Waals surface area contributed by atoms with Crippen molar-refractivity contribution in [3.8, 4) is 0 Å². The van der Waals surface area contributed by atoms with Crippen LogP contribution in [0.4, 0.5) is 0 Å². The number of nitrogens with one attached hydrogen (secondary N) is 1. The Bertz CT molecular complexity index is 510. The molecule has 0 saturated carbocycles. The number of rotatable bonds is 9. The van der Waals surface area contributed by atoms with Crippen molar-refractivity contribution >= 4 is 21.4 Å². The summed E-state index contributed by atoms with van der Waals surface area (Å²) in [5, 5.41) is 0. The molecule has 0 atom stereocenters. The second-order valence-electron chi connectivity index (χ2n) is 4.86. The van der Waals surface area contributed by atoms with E-state index in [9.17, 15) is 8.42 Å². The van der Waals surface area contributed by atoms with Crippen molar-refractivity contribution in [1.29, 1.82) is 0 Å². The molecule has 0 aliphatic rings. The van der Waals surface area contributed by atoms with Crippen LogP contribution < -0.4 is 10.5 Å². The molecule has 1 aromatic heterocycles. The molecule has 20 heavy (non-hydrogen) atoms. The molecule has 7 heteroatoms. The van der Waals surface area contributed by atoms with E-state index in [1.165, 1.54) is 11.3 Å². The standard InChI is InChI=1S/C13H24N2O3S2/c1-10(2)18-7-5-4-6-15-20(16,17)13-8-12(9-14)19-11(13)3/h8,10,15H,4-7,9,14H2,1-3H3. The van der Waals surface area contributed by atoms with E-state index in [0.717, 1.165) is 22.6 Å². The Morgan fingerprint density at radius 1 is 1.40 bits per heavy atom. The van der Waals surface area contributed by atoms with Crippen LogP contribution in [0.15, 0.2) is 11.0 Å². The molecule has 0 saturated heterocycles. The summed E-state index contributed by atoms with van der Waals surface area (Å²) in [6.45, 7) is 7.22. The van der Waals surface area contributed by atoms with Crippen molar-refractivity contribution in [3.05, 3.63) is 15.8 Å². The van der Waals surface area contributed by atoms with Gasteiger partial charge in [0.2, 0.25) is 10.0 Å². The highest BCUT2D eigenvalue weighted by molar-refractivity contribution is 7.89. The zero-order valence-electron chi connectivity index (χ0n) is 12.3. The fourth-order valence-electron chi connectivity index (χ4n) is 1.72. The van der Waals surface area contributed by atoms with Gasteiger partial charge in [-0.05, 0) is 39.7 Å². The monoisotopic (exact) mass is 320 g/mol. The van der Waals surface area contributed by atoms with Gasteiger partial charge in [-0.25, -0.2) is 13.1 Å². The first-order chi connectivity index (χ1) is 9.36. The number of sulfonamides is 1. The molecule has 0 bridgehead atoms. The van der Waals surface area contributed by atoms with Crippen LogP contribution in [0.2, 0.25) is 0 Å². The zero-order chi connectivity index (χ0) is 15.2. The van der Waals surface area contributed by atoms with Crippen LogP contribution in [0.3, 0.4) is 0 Å². The molecular formula is C13H24N2O3S2. The summed E-state index contributed by atoms with van der Waals surface area (Å²) in [5.74, 6) is 0. The van der Waals surface area contributed by atoms with Gasteiger partial charge in [0.25, 0.3) is 0 Å². The van der Waals surface area contributed by atoms with Gasteiger partial charge >= 0.3 is 0 Å². The van der Waals surface area contributed by atoms with E-state index >= 15 is 0 Å². The fourth-order valence-corrected chi connectivity index (χ4v) is 4.31. The molecular weight excluding hydrogens is 296 g/mol. The van der Waals surface area contributed by atoms with E-state index in [1.54, 1.807) is 13.0 Å². The van der Waals surface area contributed by atoms with Gasteiger partial charge < -0.3 is 10.5 Å². The van der Waals surface area contributed by atoms with Gasteiger partial charge in [0.1, 0.15) is 0 Å². The molecule has 3 N–H and O–H groups in total. The third-order valence-electron chi connectivity index (χ3n) is 2.73. The number of thiophene rings is 1. The van der Waals surface area contributed by atoms with E-state index in [1.807, 2.05) is 13.8 Å². The number of hydrogen-bond donors (Lipinski definition) is 2. The lowest BCUT2D eigenvalue weighted by Crippen LogP contribution is -2.25. The Morgan fingerprint density at radius 3 is 2.65 bits per heavy atom. The number of unbranched alkanes of at least 4 members (excludes halogenated alkanes) is 1. The predicted molar refractivity (Wildman–Crippen MR) is 82.5 cm³/mol. The summed E-state index contributed by atoms with van der Waals surface area (Å²) in [6, 6.07) is 1.66. The zero-order valence-corrected chi connectivity index (χ0v) is 13.9. The number of hydrogen-bond acceptors (Lipinski definition) is 5. The minimum atomic E-state index is -3.42. The summed E-state index contributed by atoms with van der Waals surface area (Å²) < 4.78 is 32.3. The van der Waals surface area contributed by atoms with Crippen molar-refractivity contribution in [3.63, 3.8) is 0 Å². The van der Waals surface area contributed by atoms with E-state index in [4.69, 9.17) is 10.5 Å². The molecule has 116 valence electrons. The first kappa shape index (κ1) is 17.6. The molecule has 1 heterocycles. The van der Waals surface area contributed by atoms with Crippen molar-refractivity contribution in [1.82, 2.24) is 4.72 Å². The van der Waals surface area contributed by atoms with Crippen LogP contribution in [-0.2, 0) is 21.3 Å². The predicted octanol–water partition coefficient (Wildman–Crippen LogP) is 2.00. The lowest BCUT2D eigenvalue weighted by Gasteiger charge is -2.08. The minimum Gasteiger partial charge on any atom is -0.379 e. The highest BCUT2D eigenvalue weighted by Gasteiger charge is 2.18. The number of nitrogens with two attached hydrogens (primary N) is 1. The van der Waals surface area contributed by atoms with Crippen LogP contribution in [0.5, 0.6) is 0 Å². The topological polar surface area (TPSA) is 81.4 Å². The van der Waals surface area contributed by atoms with Gasteiger partial charge in [0.15, 0.2) is 0 Å². The van der Waals surface area contributed by atoms with Gasteiger partial charge in [-0.1, -0.05) is 0 Å². The first-order valence-electron chi connectivity index (χ1n) is 6.77. The third-order valence-corrected chi connectivity index (χ3v) is 5.52. The van der Waals surface area contributed by atoms with Crippen LogP contribution in [0, 0.1) is 6.92 Å². The Morgan fingerprint density at radius 2 is 2.10 bits per heavy atom. The van der Waals surface area contributed by atoms with E-state index in [2.05, 4.69) is 4.72 Å². The third kappa shape index (κ3) is 5.49. The average molecular weight is 320 g/mol. The maximum Gasteiger partial charge on any atom is 0.241 e. The molecule has 0 amide bonds. The molecule has 0 spiro atoms. The number of aryl methyl sites for hydroxylation is 1. The Labute approximate surface area is 125 Å². The minimum absolute atomic E-state index is 0.217. The summed E-state index contributed by atoms with van der Waals surface area (Å²) in [7, 11) is -3.42. The molecule has 0 aliphatic heterocycles. The average Bonchev–Trinajstić information content (AvgIpc) is 2.75. The summed E-state index contributed by atoms with van der Waals surface area (Å²) in [5.41, 5.74) is 5.54. The van der Waals surface area contributed by atoms with Crippen molar-refractivity contribution in [2.75, 3.05) is 13.2 Å². The van der Waals surface area contributed by atoms with Crippen LogP contribution in [0.25, 0.3) is 0 Å². The lowest BCUT2D eigenvalue weighted by atomic mass is 10.3. The van der Waals surface area contributed by atoms with E-state index < -0.39 is 10.0 Å². The van der Waals surface area contributed by atoms with Crippen LogP contribution in [-0.4, -0.2) is 27.7 Å². The maximum atomic E-state index is 12.1. The largest absolute Gasteiger partial charge is 0.379 e. The van der Waals surface area contributed by atoms with Gasteiger partial charge in [-0.3, -0.25) is 0 Å². The Kier molecular flexibility index (Phi) is 7.11. The molecule has 0 radical (unpaired) electrons. The summed E-state index contributed by atoms with van der Waals surface area (Å²) in [4.78, 5) is 2.01. The SMILES string of the molecule is Cc1sc(CN)cc1S(=O)(=O)NCCCCOC(C)C. The van der Waals surface area contributed by atoms with Gasteiger partial charge in [0.05, 0.1) is 11.0 Å². The first-order valence-corrected chi connectivity index (χ1v) is 9.07. The Hall–Kier alpha value is -0.470. The fraction of sp³-hybridized carbons (Fsp3) is 0.692. The maximum absolute atomic E-state index is 12.1. The molecule has 0 aromatic carbocycles. The number of ether oxygens (including phenoxy) is 1. The molecule has 0 aliphatic carbocycles. The highest BCUT2D eigenvalue weighted by atomic mass is 32.2.